The lowest BCUT2D eigenvalue weighted by molar-refractivity contribution is 0.624. The molecule has 2 aromatic rings. The molecule has 0 radical (unpaired) electrons. The Hall–Kier alpha value is -1.49. The minimum absolute atomic E-state index is 0.302. The van der Waals surface area contributed by atoms with Crippen molar-refractivity contribution in [3.63, 3.8) is 0 Å². The number of pyridine rings is 1. The van der Waals surface area contributed by atoms with Crippen molar-refractivity contribution in [3.05, 3.63) is 40.2 Å². The highest BCUT2D eigenvalue weighted by atomic mass is 32.1. The lowest BCUT2D eigenvalue weighted by Gasteiger charge is -2.04. The maximum Gasteiger partial charge on any atom is 0.165 e. The zero-order chi connectivity index (χ0) is 11.4. The number of nitrogens with zero attached hydrogens (tertiary/aromatic N) is 2. The van der Waals surface area contributed by atoms with Crippen LogP contribution >= 0.6 is 11.3 Å². The SMILES string of the molecule is Cc1csc(CCNc2ncccc2F)n1. The summed E-state index contributed by atoms with van der Waals surface area (Å²) in [5.41, 5.74) is 1.03. The van der Waals surface area contributed by atoms with Gasteiger partial charge in [-0.15, -0.1) is 11.3 Å². The van der Waals surface area contributed by atoms with E-state index >= 15 is 0 Å². The standard InChI is InChI=1S/C11H12FN3S/c1-8-7-16-10(15-8)4-6-14-11-9(12)3-2-5-13-11/h2-3,5,7H,4,6H2,1H3,(H,13,14). The van der Waals surface area contributed by atoms with Crippen molar-refractivity contribution in [2.75, 3.05) is 11.9 Å². The molecule has 0 aromatic carbocycles. The van der Waals surface area contributed by atoms with Crippen molar-refractivity contribution in [1.82, 2.24) is 9.97 Å². The molecule has 0 bridgehead atoms. The van der Waals surface area contributed by atoms with Crippen molar-refractivity contribution >= 4 is 17.2 Å². The predicted octanol–water partition coefficient (Wildman–Crippen LogP) is 2.64. The monoisotopic (exact) mass is 237 g/mol. The summed E-state index contributed by atoms with van der Waals surface area (Å²) in [7, 11) is 0. The van der Waals surface area contributed by atoms with Crippen LogP contribution in [0.15, 0.2) is 23.7 Å². The molecule has 0 saturated carbocycles. The van der Waals surface area contributed by atoms with E-state index in [1.807, 2.05) is 12.3 Å². The number of hydrogen-bond acceptors (Lipinski definition) is 4. The molecule has 2 rings (SSSR count). The molecule has 0 saturated heterocycles. The van der Waals surface area contributed by atoms with Gasteiger partial charge >= 0.3 is 0 Å². The lowest BCUT2D eigenvalue weighted by atomic mass is 10.4. The molecule has 2 heterocycles. The van der Waals surface area contributed by atoms with E-state index in [1.54, 1.807) is 23.6 Å². The molecule has 5 heteroatoms. The second kappa shape index (κ2) is 5.03. The highest BCUT2D eigenvalue weighted by molar-refractivity contribution is 7.09. The Bertz CT molecular complexity index is 470. The molecule has 16 heavy (non-hydrogen) atoms. The van der Waals surface area contributed by atoms with Crippen LogP contribution in [0.3, 0.4) is 0 Å². The summed E-state index contributed by atoms with van der Waals surface area (Å²) >= 11 is 1.62. The highest BCUT2D eigenvalue weighted by Crippen LogP contribution is 2.11. The minimum atomic E-state index is -0.321. The first kappa shape index (κ1) is 11.0. The highest BCUT2D eigenvalue weighted by Gasteiger charge is 2.02. The van der Waals surface area contributed by atoms with Gasteiger partial charge in [-0.05, 0) is 19.1 Å². The smallest absolute Gasteiger partial charge is 0.165 e. The van der Waals surface area contributed by atoms with Gasteiger partial charge in [-0.25, -0.2) is 14.4 Å². The van der Waals surface area contributed by atoms with Gasteiger partial charge in [0.05, 0.1) is 5.01 Å². The number of aromatic nitrogens is 2. The van der Waals surface area contributed by atoms with E-state index in [4.69, 9.17) is 0 Å². The van der Waals surface area contributed by atoms with Gasteiger partial charge in [-0.2, -0.15) is 0 Å². The summed E-state index contributed by atoms with van der Waals surface area (Å²) in [5, 5.41) is 6.02. The van der Waals surface area contributed by atoms with Crippen LogP contribution in [0.1, 0.15) is 10.7 Å². The van der Waals surface area contributed by atoms with Gasteiger partial charge in [0.2, 0.25) is 0 Å². The number of hydrogen-bond donors (Lipinski definition) is 1. The molecule has 0 fully saturated rings. The number of anilines is 1. The Morgan fingerprint density at radius 1 is 1.50 bits per heavy atom. The molecule has 84 valence electrons. The number of rotatable bonds is 4. The van der Waals surface area contributed by atoms with Crippen LogP contribution in [0.25, 0.3) is 0 Å². The molecule has 0 aliphatic carbocycles. The van der Waals surface area contributed by atoms with Gasteiger partial charge in [-0.1, -0.05) is 0 Å². The van der Waals surface area contributed by atoms with E-state index < -0.39 is 0 Å². The van der Waals surface area contributed by atoms with Crippen LogP contribution in [-0.2, 0) is 6.42 Å². The average molecular weight is 237 g/mol. The van der Waals surface area contributed by atoms with E-state index in [1.165, 1.54) is 6.07 Å². The summed E-state index contributed by atoms with van der Waals surface area (Å²) in [6.45, 7) is 2.60. The first-order chi connectivity index (χ1) is 7.75. The Labute approximate surface area is 97.4 Å². The van der Waals surface area contributed by atoms with E-state index in [0.29, 0.717) is 12.4 Å². The lowest BCUT2D eigenvalue weighted by Crippen LogP contribution is -2.07. The number of halogens is 1. The van der Waals surface area contributed by atoms with Crippen LogP contribution in [0.2, 0.25) is 0 Å². The second-order valence-electron chi connectivity index (χ2n) is 3.39. The topological polar surface area (TPSA) is 37.8 Å². The maximum absolute atomic E-state index is 13.2. The molecule has 0 unspecified atom stereocenters. The first-order valence-corrected chi connectivity index (χ1v) is 5.89. The van der Waals surface area contributed by atoms with Crippen molar-refractivity contribution in [2.45, 2.75) is 13.3 Å². The first-order valence-electron chi connectivity index (χ1n) is 5.01. The fourth-order valence-electron chi connectivity index (χ4n) is 1.32. The minimum Gasteiger partial charge on any atom is -0.367 e. The predicted molar refractivity (Wildman–Crippen MR) is 63.2 cm³/mol. The summed E-state index contributed by atoms with van der Waals surface area (Å²) in [6, 6.07) is 2.97. The number of aryl methyl sites for hydroxylation is 1. The van der Waals surface area contributed by atoms with E-state index in [0.717, 1.165) is 17.1 Å². The Kier molecular flexibility index (Phi) is 3.46. The van der Waals surface area contributed by atoms with Crippen molar-refractivity contribution in [2.24, 2.45) is 0 Å². The van der Waals surface area contributed by atoms with E-state index in [2.05, 4.69) is 15.3 Å². The summed E-state index contributed by atoms with van der Waals surface area (Å²) in [4.78, 5) is 8.24. The molecule has 2 aromatic heterocycles. The zero-order valence-electron chi connectivity index (χ0n) is 8.90. The third kappa shape index (κ3) is 2.76. The molecule has 0 aliphatic rings. The Morgan fingerprint density at radius 3 is 3.06 bits per heavy atom. The molecule has 0 amide bonds. The maximum atomic E-state index is 13.2. The normalized spacial score (nSPS) is 10.4. The van der Waals surface area contributed by atoms with Crippen LogP contribution in [-0.4, -0.2) is 16.5 Å². The van der Waals surface area contributed by atoms with Crippen LogP contribution in [0.5, 0.6) is 0 Å². The molecular formula is C11H12FN3S. The fraction of sp³-hybridized carbons (Fsp3) is 0.273. The largest absolute Gasteiger partial charge is 0.367 e. The van der Waals surface area contributed by atoms with Crippen molar-refractivity contribution < 1.29 is 4.39 Å². The van der Waals surface area contributed by atoms with Crippen LogP contribution in [0.4, 0.5) is 10.2 Å². The van der Waals surface area contributed by atoms with Crippen molar-refractivity contribution in [1.29, 1.82) is 0 Å². The van der Waals surface area contributed by atoms with Crippen LogP contribution < -0.4 is 5.32 Å². The third-order valence-corrected chi connectivity index (χ3v) is 3.08. The van der Waals surface area contributed by atoms with Gasteiger partial charge in [-0.3, -0.25) is 0 Å². The summed E-state index contributed by atoms with van der Waals surface area (Å²) in [6.07, 6.45) is 2.35. The quantitative estimate of drug-likeness (QED) is 0.888. The van der Waals surface area contributed by atoms with Gasteiger partial charge in [0, 0.05) is 30.2 Å². The van der Waals surface area contributed by atoms with Gasteiger partial charge in [0.15, 0.2) is 11.6 Å². The van der Waals surface area contributed by atoms with E-state index in [9.17, 15) is 4.39 Å². The van der Waals surface area contributed by atoms with Crippen LogP contribution in [0, 0.1) is 12.7 Å². The molecule has 0 spiro atoms. The Balaban J connectivity index is 1.87. The second-order valence-corrected chi connectivity index (χ2v) is 4.34. The molecule has 3 nitrogen and oxygen atoms in total. The third-order valence-electron chi connectivity index (χ3n) is 2.06. The fourth-order valence-corrected chi connectivity index (χ4v) is 2.10. The zero-order valence-corrected chi connectivity index (χ0v) is 9.72. The summed E-state index contributed by atoms with van der Waals surface area (Å²) < 4.78 is 13.2. The summed E-state index contributed by atoms with van der Waals surface area (Å²) in [5.74, 6) is -0.0198. The molecule has 1 N–H and O–H groups in total. The van der Waals surface area contributed by atoms with E-state index in [-0.39, 0.29) is 5.82 Å². The van der Waals surface area contributed by atoms with Crippen molar-refractivity contribution in [3.8, 4) is 0 Å². The number of nitrogens with one attached hydrogen (secondary N) is 1. The average Bonchev–Trinajstić information content (AvgIpc) is 2.67. The molecule has 0 aliphatic heterocycles. The molecular weight excluding hydrogens is 225 g/mol. The van der Waals surface area contributed by atoms with Gasteiger partial charge < -0.3 is 5.32 Å². The van der Waals surface area contributed by atoms with Gasteiger partial charge in [0.1, 0.15) is 0 Å². The Morgan fingerprint density at radius 2 is 2.38 bits per heavy atom. The number of thiazole rings is 1. The molecule has 0 atom stereocenters. The van der Waals surface area contributed by atoms with Gasteiger partial charge in [0.25, 0.3) is 0 Å².